The molecule has 0 unspecified atom stereocenters. The first kappa shape index (κ1) is 28.8. The smallest absolute Gasteiger partial charge is 0.406 e. The minimum absolute atomic E-state index is 0.00638. The van der Waals surface area contributed by atoms with Crippen molar-refractivity contribution in [3.05, 3.63) is 84.4 Å². The highest BCUT2D eigenvalue weighted by Crippen LogP contribution is 2.34. The Balaban J connectivity index is 1.27. The van der Waals surface area contributed by atoms with E-state index in [-0.39, 0.29) is 28.5 Å². The molecule has 1 aliphatic rings. The Morgan fingerprint density at radius 3 is 2.45 bits per heavy atom. The third-order valence-electron chi connectivity index (χ3n) is 6.04. The third-order valence-corrected chi connectivity index (χ3v) is 6.96. The van der Waals surface area contributed by atoms with Crippen LogP contribution in [0.5, 0.6) is 5.75 Å². The molecular weight excluding hydrogens is 576 g/mol. The first-order valence-electron chi connectivity index (χ1n) is 12.5. The van der Waals surface area contributed by atoms with Crippen LogP contribution in [0.2, 0.25) is 0 Å². The molecular formula is C28H22F4N6O3S. The zero-order chi connectivity index (χ0) is 30.0. The number of rotatable bonds is 6. The van der Waals surface area contributed by atoms with Gasteiger partial charge >= 0.3 is 12.4 Å². The van der Waals surface area contributed by atoms with Crippen molar-refractivity contribution in [2.24, 2.45) is 4.99 Å². The number of carbonyl (C=O) groups excluding carboxylic acids is 2. The highest BCUT2D eigenvalue weighted by molar-refractivity contribution is 8.15. The van der Waals surface area contributed by atoms with Crippen molar-refractivity contribution < 1.29 is 31.9 Å². The number of nitrogens with one attached hydrogen (secondary N) is 1. The summed E-state index contributed by atoms with van der Waals surface area (Å²) in [6, 6.07) is 15.2. The summed E-state index contributed by atoms with van der Waals surface area (Å²) < 4.78 is 56.5. The van der Waals surface area contributed by atoms with Crippen LogP contribution in [0.1, 0.15) is 25.3 Å². The van der Waals surface area contributed by atoms with E-state index in [0.717, 1.165) is 17.3 Å². The summed E-state index contributed by atoms with van der Waals surface area (Å²) in [4.78, 5) is 35.0. The lowest BCUT2D eigenvalue weighted by atomic mass is 10.0. The number of nitrogens with zero attached hydrogens (tertiary/aromatic N) is 5. The number of alkyl halides is 3. The number of urea groups is 1. The lowest BCUT2D eigenvalue weighted by Gasteiger charge is -2.21. The van der Waals surface area contributed by atoms with E-state index in [0.29, 0.717) is 28.5 Å². The molecule has 1 saturated heterocycles. The maximum absolute atomic E-state index is 14.1. The Bertz CT molecular complexity index is 1650. The Hall–Kier alpha value is -4.72. The second-order valence-electron chi connectivity index (χ2n) is 9.33. The molecule has 3 aromatic carbocycles. The van der Waals surface area contributed by atoms with Gasteiger partial charge in [0.15, 0.2) is 11.0 Å². The first-order valence-corrected chi connectivity index (χ1v) is 13.5. The minimum atomic E-state index is -4.78. The number of thioether (sulfide) groups is 1. The number of ether oxygens (including phenoxy) is 1. The van der Waals surface area contributed by atoms with E-state index < -0.39 is 18.2 Å². The molecule has 1 aromatic heterocycles. The molecule has 0 atom stereocenters. The van der Waals surface area contributed by atoms with E-state index in [1.54, 1.807) is 30.3 Å². The van der Waals surface area contributed by atoms with Crippen molar-refractivity contribution in [3.63, 3.8) is 0 Å². The molecule has 0 aliphatic carbocycles. The van der Waals surface area contributed by atoms with Crippen LogP contribution in [0.4, 0.5) is 33.7 Å². The summed E-state index contributed by atoms with van der Waals surface area (Å²) in [6.45, 7) is 3.85. The fourth-order valence-corrected chi connectivity index (χ4v) is 5.00. The predicted molar refractivity (Wildman–Crippen MR) is 150 cm³/mol. The van der Waals surface area contributed by atoms with Gasteiger partial charge in [-0.05, 0) is 72.1 Å². The van der Waals surface area contributed by atoms with Gasteiger partial charge in [0.2, 0.25) is 5.91 Å². The first-order chi connectivity index (χ1) is 20.0. The molecule has 216 valence electrons. The number of benzene rings is 3. The molecule has 14 heteroatoms. The number of carbonyl (C=O) groups is 2. The number of amides is 3. The van der Waals surface area contributed by atoms with E-state index in [4.69, 9.17) is 0 Å². The maximum atomic E-state index is 14.1. The maximum Gasteiger partial charge on any atom is 0.573 e. The van der Waals surface area contributed by atoms with Crippen LogP contribution in [0.15, 0.2) is 78.0 Å². The molecule has 0 saturated carbocycles. The molecule has 2 heterocycles. The van der Waals surface area contributed by atoms with Crippen molar-refractivity contribution >= 4 is 40.2 Å². The number of aromatic nitrogens is 3. The van der Waals surface area contributed by atoms with Crippen molar-refractivity contribution in [2.45, 2.75) is 26.1 Å². The predicted octanol–water partition coefficient (Wildman–Crippen LogP) is 6.76. The standard InChI is InChI=1S/C28H22F4N6O3S/c1-16(2)22-12-5-18(29)13-23(22)38-24(39)14-42-27(38)35-26(40)34-19-6-3-17(4-7-19)25-33-15-37(36-25)20-8-10-21(11-9-20)41-28(30,31)32/h3-13,15-16H,14H2,1-2H3,(H,34,40). The molecule has 1 N–H and O–H groups in total. The van der Waals surface area contributed by atoms with Crippen LogP contribution in [0.3, 0.4) is 0 Å². The minimum Gasteiger partial charge on any atom is -0.406 e. The quantitative estimate of drug-likeness (QED) is 0.246. The number of anilines is 2. The van der Waals surface area contributed by atoms with Gasteiger partial charge in [0.25, 0.3) is 0 Å². The average molecular weight is 599 g/mol. The van der Waals surface area contributed by atoms with E-state index in [9.17, 15) is 27.2 Å². The van der Waals surface area contributed by atoms with E-state index in [2.05, 4.69) is 25.1 Å². The van der Waals surface area contributed by atoms with Gasteiger partial charge < -0.3 is 10.1 Å². The van der Waals surface area contributed by atoms with Gasteiger partial charge in [-0.25, -0.2) is 18.9 Å². The van der Waals surface area contributed by atoms with Crippen LogP contribution < -0.4 is 15.0 Å². The highest BCUT2D eigenvalue weighted by atomic mass is 32.2. The van der Waals surface area contributed by atoms with Crippen LogP contribution >= 0.6 is 11.8 Å². The van der Waals surface area contributed by atoms with Gasteiger partial charge in [-0.2, -0.15) is 4.99 Å². The highest BCUT2D eigenvalue weighted by Gasteiger charge is 2.33. The molecule has 0 radical (unpaired) electrons. The molecule has 1 fully saturated rings. The monoisotopic (exact) mass is 598 g/mol. The molecule has 4 aromatic rings. The van der Waals surface area contributed by atoms with Gasteiger partial charge in [0.05, 0.1) is 17.1 Å². The van der Waals surface area contributed by atoms with E-state index in [1.165, 1.54) is 52.3 Å². The van der Waals surface area contributed by atoms with Crippen molar-refractivity contribution in [3.8, 4) is 22.8 Å². The van der Waals surface area contributed by atoms with E-state index >= 15 is 0 Å². The third kappa shape index (κ3) is 6.60. The molecule has 9 nitrogen and oxygen atoms in total. The molecule has 0 bridgehead atoms. The van der Waals surface area contributed by atoms with Crippen LogP contribution in [0.25, 0.3) is 17.1 Å². The topological polar surface area (TPSA) is 102 Å². The van der Waals surface area contributed by atoms with Crippen molar-refractivity contribution in [1.82, 2.24) is 14.8 Å². The summed E-state index contributed by atoms with van der Waals surface area (Å²) in [7, 11) is 0. The Morgan fingerprint density at radius 1 is 1.07 bits per heavy atom. The van der Waals surface area contributed by atoms with Crippen LogP contribution in [-0.4, -0.2) is 44.0 Å². The number of hydrogen-bond acceptors (Lipinski definition) is 6. The molecule has 3 amide bonds. The molecule has 1 aliphatic heterocycles. The fourth-order valence-electron chi connectivity index (χ4n) is 4.14. The zero-order valence-electron chi connectivity index (χ0n) is 22.1. The lowest BCUT2D eigenvalue weighted by Crippen LogP contribution is -2.31. The lowest BCUT2D eigenvalue weighted by molar-refractivity contribution is -0.274. The van der Waals surface area contributed by atoms with Crippen molar-refractivity contribution in [2.75, 3.05) is 16.0 Å². The molecule has 0 spiro atoms. The second kappa shape index (κ2) is 11.6. The van der Waals surface area contributed by atoms with Gasteiger partial charge in [-0.3, -0.25) is 9.69 Å². The number of halogens is 4. The Kier molecular flexibility index (Phi) is 7.98. The summed E-state index contributed by atoms with van der Waals surface area (Å²) in [5, 5.41) is 7.14. The summed E-state index contributed by atoms with van der Waals surface area (Å²) in [5.74, 6) is -0.741. The van der Waals surface area contributed by atoms with Gasteiger partial charge in [-0.15, -0.1) is 18.3 Å². The molecule has 5 rings (SSSR count). The van der Waals surface area contributed by atoms with E-state index in [1.807, 2.05) is 13.8 Å². The van der Waals surface area contributed by atoms with Crippen molar-refractivity contribution in [1.29, 1.82) is 0 Å². The zero-order valence-corrected chi connectivity index (χ0v) is 22.9. The fraction of sp³-hybridized carbons (Fsp3) is 0.179. The SMILES string of the molecule is CC(C)c1ccc(F)cc1N1C(=O)CSC1=NC(=O)Nc1ccc(-c2ncn(-c3ccc(OC(F)(F)F)cc3)n2)cc1. The second-order valence-corrected chi connectivity index (χ2v) is 10.3. The van der Waals surface area contributed by atoms with Crippen LogP contribution in [-0.2, 0) is 4.79 Å². The van der Waals surface area contributed by atoms with Gasteiger partial charge in [-0.1, -0.05) is 31.7 Å². The van der Waals surface area contributed by atoms with Gasteiger partial charge in [0.1, 0.15) is 17.9 Å². The Morgan fingerprint density at radius 2 is 1.79 bits per heavy atom. The molecule has 42 heavy (non-hydrogen) atoms. The number of aliphatic imine (C=N–C) groups is 1. The Labute approximate surface area is 241 Å². The summed E-state index contributed by atoms with van der Waals surface area (Å²) >= 11 is 1.09. The van der Waals surface area contributed by atoms with Gasteiger partial charge in [0, 0.05) is 11.3 Å². The summed E-state index contributed by atoms with van der Waals surface area (Å²) in [5.41, 5.74) is 2.61. The number of hydrogen-bond donors (Lipinski definition) is 1. The largest absolute Gasteiger partial charge is 0.573 e. The average Bonchev–Trinajstić information content (AvgIpc) is 3.55. The normalized spacial score (nSPS) is 14.6. The summed E-state index contributed by atoms with van der Waals surface area (Å²) in [6.07, 6.45) is -3.37. The number of amidine groups is 1. The van der Waals surface area contributed by atoms with Crippen LogP contribution in [0, 0.1) is 5.82 Å².